The molecule has 0 spiro atoms. The van der Waals surface area contributed by atoms with E-state index in [0.717, 1.165) is 131 Å². The number of hydrogen-bond acceptors (Lipinski definition) is 9. The van der Waals surface area contributed by atoms with Gasteiger partial charge in [-0.1, -0.05) is 117 Å². The van der Waals surface area contributed by atoms with Crippen molar-refractivity contribution >= 4 is 65.8 Å². The first-order valence-electron chi connectivity index (χ1n) is 30.5. The molecule has 1 aliphatic carbocycles. The zero-order valence-electron chi connectivity index (χ0n) is 53.2. The molecule has 9 aromatic carbocycles. The smallest absolute Gasteiger partial charge is 0.114 e. The van der Waals surface area contributed by atoms with Gasteiger partial charge >= 0.3 is 0 Å². The fraction of sp³-hybridized carbons (Fsp3) is 0.0976. The van der Waals surface area contributed by atoms with Crippen LogP contribution in [0, 0.1) is 43.3 Å². The van der Waals surface area contributed by atoms with E-state index >= 15 is 0 Å². The maximum absolute atomic E-state index is 5.91. The minimum Gasteiger partial charge on any atom is -0.384 e. The second-order valence-electron chi connectivity index (χ2n) is 21.6. The van der Waals surface area contributed by atoms with Crippen molar-refractivity contribution in [2.24, 2.45) is 5.73 Å². The fourth-order valence-corrected chi connectivity index (χ4v) is 10.7. The van der Waals surface area contributed by atoms with Crippen LogP contribution in [-0.2, 0) is 146 Å². The minimum absolute atomic E-state index is 0. The molecule has 15 aromatic rings. The average Bonchev–Trinajstić information content (AvgIpc) is 0.753. The first-order valence-corrected chi connectivity index (χ1v) is 30.5. The third-order valence-electron chi connectivity index (χ3n) is 15.1. The summed E-state index contributed by atoms with van der Waals surface area (Å²) in [5, 5.41) is 9.14. The van der Waals surface area contributed by atoms with Crippen LogP contribution in [0.1, 0.15) is 54.2 Å². The molecule has 6 heterocycles. The van der Waals surface area contributed by atoms with Gasteiger partial charge in [0.15, 0.2) is 0 Å². The van der Waals surface area contributed by atoms with Crippen molar-refractivity contribution in [1.82, 2.24) is 29.9 Å². The van der Waals surface area contributed by atoms with E-state index in [1.807, 2.05) is 183 Å². The Morgan fingerprint density at radius 1 is 0.371 bits per heavy atom. The number of nitrogens with zero attached hydrogens (tertiary/aromatic N) is 6. The van der Waals surface area contributed by atoms with Gasteiger partial charge in [0.1, 0.15) is 11.6 Å². The van der Waals surface area contributed by atoms with E-state index in [1.165, 1.54) is 27.3 Å². The molecule has 9 nitrogen and oxygen atoms in total. The summed E-state index contributed by atoms with van der Waals surface area (Å²) >= 11 is 0. The van der Waals surface area contributed by atoms with Gasteiger partial charge in [-0.2, -0.15) is 0 Å². The molecule has 0 aliphatic heterocycles. The van der Waals surface area contributed by atoms with Crippen molar-refractivity contribution in [2.75, 3.05) is 11.5 Å². The van der Waals surface area contributed by atoms with E-state index in [2.05, 4.69) is 159 Å². The van der Waals surface area contributed by atoms with Crippen LogP contribution >= 0.6 is 0 Å². The molecule has 6 radical (unpaired) electrons. The molecule has 0 saturated carbocycles. The van der Waals surface area contributed by atoms with E-state index in [9.17, 15) is 0 Å². The summed E-state index contributed by atoms with van der Waals surface area (Å²) in [6.45, 7) is 6.77. The summed E-state index contributed by atoms with van der Waals surface area (Å²) in [7, 11) is 0. The Hall–Kier alpha value is -7.36. The van der Waals surface area contributed by atoms with E-state index < -0.39 is 0 Å². The van der Waals surface area contributed by atoms with Crippen LogP contribution in [0.4, 0.5) is 11.6 Å². The van der Waals surface area contributed by atoms with Gasteiger partial charge < -0.3 is 32.2 Å². The van der Waals surface area contributed by atoms with Gasteiger partial charge in [0.25, 0.3) is 0 Å². The number of aromatic nitrogens is 6. The maximum atomic E-state index is 5.91. The van der Waals surface area contributed by atoms with Gasteiger partial charge in [0, 0.05) is 150 Å². The fourth-order valence-electron chi connectivity index (χ4n) is 10.7. The minimum atomic E-state index is 0. The van der Waals surface area contributed by atoms with Crippen molar-refractivity contribution in [3.05, 3.63) is 325 Å². The molecule has 97 heavy (non-hydrogen) atoms. The predicted molar refractivity (Wildman–Crippen MR) is 375 cm³/mol. The number of nitrogen functional groups attached to an aromatic ring is 2. The van der Waals surface area contributed by atoms with Crippen LogP contribution in [0.5, 0.6) is 0 Å². The maximum Gasteiger partial charge on any atom is 0.114 e. The number of hydrogen-bond donors (Lipinski definition) is 3. The van der Waals surface area contributed by atoms with Gasteiger partial charge in [-0.25, -0.2) is 0 Å². The van der Waals surface area contributed by atoms with Crippen LogP contribution in [0.25, 0.3) is 99.2 Å². The van der Waals surface area contributed by atoms with E-state index in [-0.39, 0.29) is 121 Å². The number of pyridine rings is 6. The van der Waals surface area contributed by atoms with Gasteiger partial charge in [-0.3, -0.25) is 15.0 Å². The van der Waals surface area contributed by atoms with Crippen LogP contribution in [0.2, 0.25) is 0 Å². The SMILES string of the molecule is CCCc1cccc(-c2[c-]cccc2)n1.CCc1cccc(-c2[c-]cccc2)n1.Cc1ccc2ccc3ccc[c-]c3c2n1.NCc1cccc(-c2[c-]cccc2)n1.Nc1cc2cccc3c2c(n1)-c1[c-]cccc1C3.Nc1ccc2ccc3ccc[c-]c3c2n1.[Ir].[Ir].[Ir].[Ir].[Ir].[Ir]. The number of fused-ring (bicyclic) bond motifs is 8. The molecule has 0 fully saturated rings. The Bertz CT molecular complexity index is 4710. The van der Waals surface area contributed by atoms with Gasteiger partial charge in [0.05, 0.1) is 0 Å². The number of rotatable bonds is 7. The monoisotopic (exact) mass is 2340 g/mol. The van der Waals surface area contributed by atoms with Crippen molar-refractivity contribution < 1.29 is 121 Å². The Morgan fingerprint density at radius 2 is 0.825 bits per heavy atom. The Labute approximate surface area is 650 Å². The standard InChI is InChI=1S/C16H11N2.C14H10N.C14H14N.C13H9N2.C13H12N.C12H11N2.6Ir/c17-14-9-12-6-3-5-11-8-10-4-1-2-7-13(10)16(18-14)15(11)12;1-10-6-7-12-9-8-11-4-2-3-5-13(11)14(12)15-10;1-2-7-13-10-6-11-14(15-13)12-8-4-3-5-9-12;14-12-8-7-10-6-5-9-3-1-2-4-11(9)13(10)15-12;1-2-12-9-6-10-13(14-12)11-7-4-3-5-8-11;13-9-11-7-4-8-12(14-11)10-5-2-1-3-6-10;;;;;;/h1-6,9H,8H2,(H2,17,18);2-4,6-9H,1H3;3-6,8,10-11H,2,7H2,1H3;1-3,5-8H,(H2,14,15);3-7,9-10H,2H2,1H3;1-5,7-8H,9,13H2;;;;;;/q6*-1;;;;;;. The van der Waals surface area contributed by atoms with Crippen molar-refractivity contribution in [1.29, 1.82) is 0 Å². The number of nitrogens with two attached hydrogens (primary N) is 3. The van der Waals surface area contributed by atoms with Crippen molar-refractivity contribution in [3.8, 4) is 45.0 Å². The molecule has 0 saturated heterocycles. The largest absolute Gasteiger partial charge is 0.384 e. The van der Waals surface area contributed by atoms with Gasteiger partial charge in [-0.15, -0.1) is 213 Å². The summed E-state index contributed by atoms with van der Waals surface area (Å²) in [6, 6.07) is 104. The molecule has 16 rings (SSSR count). The average molecular weight is 2330 g/mol. The van der Waals surface area contributed by atoms with Crippen LogP contribution in [0.3, 0.4) is 0 Å². The van der Waals surface area contributed by atoms with Gasteiger partial charge in [-0.05, 0) is 118 Å². The zero-order chi connectivity index (χ0) is 62.7. The molecular formula is C82H67Ir6N9-6. The van der Waals surface area contributed by atoms with Crippen molar-refractivity contribution in [3.63, 3.8) is 0 Å². The Morgan fingerprint density at radius 3 is 1.37 bits per heavy atom. The summed E-state index contributed by atoms with van der Waals surface area (Å²) in [5.41, 5.74) is 34.1. The molecule has 6 N–H and O–H groups in total. The summed E-state index contributed by atoms with van der Waals surface area (Å²) < 4.78 is 0. The summed E-state index contributed by atoms with van der Waals surface area (Å²) in [4.78, 5) is 27.0. The van der Waals surface area contributed by atoms with Crippen LogP contribution < -0.4 is 17.2 Å². The third-order valence-corrected chi connectivity index (χ3v) is 15.1. The summed E-state index contributed by atoms with van der Waals surface area (Å²) in [5.74, 6) is 1.12. The third kappa shape index (κ3) is 21.3. The predicted octanol–water partition coefficient (Wildman–Crippen LogP) is 18.1. The topological polar surface area (TPSA) is 155 Å². The quantitative estimate of drug-likeness (QED) is 0.104. The molecule has 500 valence electrons. The second kappa shape index (κ2) is 40.5. The van der Waals surface area contributed by atoms with Gasteiger partial charge in [0.2, 0.25) is 0 Å². The van der Waals surface area contributed by atoms with Crippen LogP contribution in [-0.4, -0.2) is 29.9 Å². The molecule has 0 amide bonds. The molecule has 0 atom stereocenters. The van der Waals surface area contributed by atoms with E-state index in [1.54, 1.807) is 0 Å². The molecule has 6 aromatic heterocycles. The Balaban J connectivity index is 0.000000208. The Kier molecular flexibility index (Phi) is 33.5. The first-order chi connectivity index (χ1) is 44.7. The number of anilines is 2. The van der Waals surface area contributed by atoms with Crippen LogP contribution in [0.15, 0.2) is 255 Å². The molecular weight excluding hydrogens is 2260 g/mol. The number of aryl methyl sites for hydroxylation is 3. The van der Waals surface area contributed by atoms with E-state index in [4.69, 9.17) is 17.2 Å². The molecule has 1 aliphatic rings. The normalized spacial score (nSPS) is 10.2. The number of benzene rings is 9. The van der Waals surface area contributed by atoms with E-state index in [0.29, 0.717) is 18.2 Å². The summed E-state index contributed by atoms with van der Waals surface area (Å²) in [6.07, 6.45) is 4.10. The molecule has 0 unspecified atom stereocenters. The second-order valence-corrected chi connectivity index (χ2v) is 21.6. The first kappa shape index (κ1) is 80.3. The van der Waals surface area contributed by atoms with Crippen molar-refractivity contribution in [2.45, 2.75) is 53.0 Å². The molecule has 0 bridgehead atoms. The molecule has 15 heteroatoms. The zero-order valence-corrected chi connectivity index (χ0v) is 67.6.